The molecule has 6 heteroatoms. The van der Waals surface area contributed by atoms with E-state index < -0.39 is 0 Å². The van der Waals surface area contributed by atoms with Gasteiger partial charge in [0.25, 0.3) is 5.91 Å². The van der Waals surface area contributed by atoms with Gasteiger partial charge in [0.2, 0.25) is 5.91 Å². The summed E-state index contributed by atoms with van der Waals surface area (Å²) in [6.45, 7) is 2.82. The SMILES string of the molecule is COc1cccc(C(=O)N2CC[C@]3(C[C@@H](N4CCCC4=O)CCO3)C2)c1. The Balaban J connectivity index is 1.45. The van der Waals surface area contributed by atoms with Gasteiger partial charge in [0.05, 0.1) is 19.3 Å². The van der Waals surface area contributed by atoms with Crippen molar-refractivity contribution in [2.24, 2.45) is 0 Å². The lowest BCUT2D eigenvalue weighted by molar-refractivity contribution is -0.137. The minimum absolute atomic E-state index is 0.0174. The lowest BCUT2D eigenvalue weighted by atomic mass is 9.89. The zero-order chi connectivity index (χ0) is 18.1. The van der Waals surface area contributed by atoms with E-state index in [0.29, 0.717) is 37.4 Å². The lowest BCUT2D eigenvalue weighted by Gasteiger charge is -2.41. The fraction of sp³-hybridized carbons (Fsp3) is 0.600. The van der Waals surface area contributed by atoms with Crippen LogP contribution >= 0.6 is 0 Å². The number of nitrogens with zero attached hydrogens (tertiary/aromatic N) is 2. The predicted molar refractivity (Wildman–Crippen MR) is 96.2 cm³/mol. The highest BCUT2D eigenvalue weighted by Gasteiger charge is 2.46. The van der Waals surface area contributed by atoms with Crippen LogP contribution in [0.3, 0.4) is 0 Å². The van der Waals surface area contributed by atoms with E-state index in [1.165, 1.54) is 0 Å². The first kappa shape index (κ1) is 17.3. The fourth-order valence-corrected chi connectivity index (χ4v) is 4.56. The number of ether oxygens (including phenoxy) is 2. The van der Waals surface area contributed by atoms with Crippen LogP contribution < -0.4 is 4.74 Å². The zero-order valence-corrected chi connectivity index (χ0v) is 15.3. The van der Waals surface area contributed by atoms with Gasteiger partial charge in [0, 0.05) is 37.7 Å². The van der Waals surface area contributed by atoms with Crippen LogP contribution in [0.5, 0.6) is 5.75 Å². The van der Waals surface area contributed by atoms with E-state index in [9.17, 15) is 9.59 Å². The number of methoxy groups -OCH3 is 1. The number of likely N-dealkylation sites (tertiary alicyclic amines) is 2. The Morgan fingerprint density at radius 2 is 2.23 bits per heavy atom. The van der Waals surface area contributed by atoms with Crippen molar-refractivity contribution >= 4 is 11.8 Å². The van der Waals surface area contributed by atoms with Crippen LogP contribution in [0, 0.1) is 0 Å². The first-order valence-corrected chi connectivity index (χ1v) is 9.47. The van der Waals surface area contributed by atoms with Gasteiger partial charge in [0.15, 0.2) is 0 Å². The van der Waals surface area contributed by atoms with Gasteiger partial charge in [0.1, 0.15) is 5.75 Å². The molecule has 26 heavy (non-hydrogen) atoms. The molecule has 0 radical (unpaired) electrons. The van der Waals surface area contributed by atoms with Crippen molar-refractivity contribution in [1.82, 2.24) is 9.80 Å². The van der Waals surface area contributed by atoms with Crippen molar-refractivity contribution in [1.29, 1.82) is 0 Å². The average molecular weight is 358 g/mol. The average Bonchev–Trinajstić information content (AvgIpc) is 3.28. The topological polar surface area (TPSA) is 59.1 Å². The summed E-state index contributed by atoms with van der Waals surface area (Å²) in [7, 11) is 1.60. The highest BCUT2D eigenvalue weighted by atomic mass is 16.5. The standard InChI is InChI=1S/C20H26N2O4/c1-25-17-5-2-4-15(12-17)19(24)21-10-8-20(14-21)13-16(7-11-26-20)22-9-3-6-18(22)23/h2,4-5,12,16H,3,6-11,13-14H2,1H3/t16-,20-/m0/s1. The van der Waals surface area contributed by atoms with Crippen molar-refractivity contribution in [3.63, 3.8) is 0 Å². The highest BCUT2D eigenvalue weighted by molar-refractivity contribution is 5.94. The van der Waals surface area contributed by atoms with Gasteiger partial charge in [-0.2, -0.15) is 0 Å². The summed E-state index contributed by atoms with van der Waals surface area (Å²) in [5.74, 6) is 0.976. The molecule has 140 valence electrons. The van der Waals surface area contributed by atoms with Crippen molar-refractivity contribution < 1.29 is 19.1 Å². The largest absolute Gasteiger partial charge is 0.497 e. The molecule has 0 bridgehead atoms. The van der Waals surface area contributed by atoms with Crippen LogP contribution in [-0.4, -0.2) is 66.6 Å². The molecule has 0 aromatic heterocycles. The molecule has 1 aromatic rings. The summed E-state index contributed by atoms with van der Waals surface area (Å²) in [5, 5.41) is 0. The molecule has 4 rings (SSSR count). The third-order valence-electron chi connectivity index (χ3n) is 5.94. The summed E-state index contributed by atoms with van der Waals surface area (Å²) in [6.07, 6.45) is 4.20. The van der Waals surface area contributed by atoms with Gasteiger partial charge in [-0.05, 0) is 43.9 Å². The maximum absolute atomic E-state index is 12.9. The molecule has 0 aliphatic carbocycles. The molecular formula is C20H26N2O4. The Morgan fingerprint density at radius 3 is 3.00 bits per heavy atom. The first-order valence-electron chi connectivity index (χ1n) is 9.47. The van der Waals surface area contributed by atoms with Crippen LogP contribution in [0.15, 0.2) is 24.3 Å². The summed E-state index contributed by atoms with van der Waals surface area (Å²) >= 11 is 0. The van der Waals surface area contributed by atoms with Crippen LogP contribution in [0.25, 0.3) is 0 Å². The normalized spacial score (nSPS) is 28.8. The van der Waals surface area contributed by atoms with Crippen molar-refractivity contribution in [2.45, 2.75) is 43.7 Å². The number of benzene rings is 1. The summed E-state index contributed by atoms with van der Waals surface area (Å²) < 4.78 is 11.4. The van der Waals surface area contributed by atoms with Crippen LogP contribution in [0.4, 0.5) is 0 Å². The third kappa shape index (κ3) is 3.18. The number of carbonyl (C=O) groups is 2. The van der Waals surface area contributed by atoms with Crippen molar-refractivity contribution in [3.05, 3.63) is 29.8 Å². The highest BCUT2D eigenvalue weighted by Crippen LogP contribution is 2.37. The molecule has 3 aliphatic heterocycles. The van der Waals surface area contributed by atoms with Gasteiger partial charge in [-0.3, -0.25) is 9.59 Å². The molecule has 3 fully saturated rings. The Morgan fingerprint density at radius 1 is 1.35 bits per heavy atom. The van der Waals surface area contributed by atoms with E-state index in [2.05, 4.69) is 0 Å². The number of carbonyl (C=O) groups excluding carboxylic acids is 2. The quantitative estimate of drug-likeness (QED) is 0.830. The van der Waals surface area contributed by atoms with Gasteiger partial charge in [-0.25, -0.2) is 0 Å². The van der Waals surface area contributed by atoms with E-state index in [1.54, 1.807) is 13.2 Å². The maximum atomic E-state index is 12.9. The Kier molecular flexibility index (Phi) is 4.61. The second-order valence-corrected chi connectivity index (χ2v) is 7.58. The Bertz CT molecular complexity index is 707. The lowest BCUT2D eigenvalue weighted by Crippen LogP contribution is -2.50. The molecule has 1 aromatic carbocycles. The molecule has 3 aliphatic rings. The van der Waals surface area contributed by atoms with Crippen LogP contribution in [0.2, 0.25) is 0 Å². The molecular weight excluding hydrogens is 332 g/mol. The number of rotatable bonds is 3. The van der Waals surface area contributed by atoms with E-state index in [4.69, 9.17) is 9.47 Å². The molecule has 0 unspecified atom stereocenters. The minimum atomic E-state index is -0.305. The van der Waals surface area contributed by atoms with E-state index in [1.807, 2.05) is 28.0 Å². The number of hydrogen-bond acceptors (Lipinski definition) is 4. The van der Waals surface area contributed by atoms with Crippen molar-refractivity contribution in [2.75, 3.05) is 33.4 Å². The molecule has 3 heterocycles. The number of amides is 2. The van der Waals surface area contributed by atoms with Gasteiger partial charge < -0.3 is 19.3 Å². The Hall–Kier alpha value is -2.08. The second kappa shape index (κ2) is 6.91. The smallest absolute Gasteiger partial charge is 0.254 e. The minimum Gasteiger partial charge on any atom is -0.497 e. The van der Waals surface area contributed by atoms with Gasteiger partial charge in [-0.15, -0.1) is 0 Å². The molecule has 3 saturated heterocycles. The zero-order valence-electron chi connectivity index (χ0n) is 15.3. The summed E-state index contributed by atoms with van der Waals surface area (Å²) in [5.41, 5.74) is 0.337. The number of hydrogen-bond donors (Lipinski definition) is 0. The summed E-state index contributed by atoms with van der Waals surface area (Å²) in [6, 6.07) is 7.53. The van der Waals surface area contributed by atoms with Gasteiger partial charge in [-0.1, -0.05) is 6.07 Å². The molecule has 0 N–H and O–H groups in total. The van der Waals surface area contributed by atoms with E-state index >= 15 is 0 Å². The molecule has 6 nitrogen and oxygen atoms in total. The van der Waals surface area contributed by atoms with Crippen LogP contribution in [0.1, 0.15) is 42.5 Å². The molecule has 0 saturated carbocycles. The molecule has 2 amide bonds. The Labute approximate surface area is 154 Å². The van der Waals surface area contributed by atoms with Crippen molar-refractivity contribution in [3.8, 4) is 5.75 Å². The second-order valence-electron chi connectivity index (χ2n) is 7.58. The molecule has 1 spiro atoms. The first-order chi connectivity index (χ1) is 12.6. The maximum Gasteiger partial charge on any atom is 0.254 e. The monoisotopic (exact) mass is 358 g/mol. The predicted octanol–water partition coefficient (Wildman–Crippen LogP) is 2.08. The van der Waals surface area contributed by atoms with Gasteiger partial charge >= 0.3 is 0 Å². The van der Waals surface area contributed by atoms with E-state index in [0.717, 1.165) is 32.2 Å². The summed E-state index contributed by atoms with van der Waals surface area (Å²) in [4.78, 5) is 28.9. The molecule has 2 atom stereocenters. The third-order valence-corrected chi connectivity index (χ3v) is 5.94. The van der Waals surface area contributed by atoms with E-state index in [-0.39, 0.29) is 23.5 Å². The fourth-order valence-electron chi connectivity index (χ4n) is 4.56. The van der Waals surface area contributed by atoms with Crippen LogP contribution in [-0.2, 0) is 9.53 Å².